The van der Waals surface area contributed by atoms with Gasteiger partial charge in [0.2, 0.25) is 0 Å². The van der Waals surface area contributed by atoms with E-state index in [1.165, 1.54) is 0 Å². The third-order valence-electron chi connectivity index (χ3n) is 3.44. The van der Waals surface area contributed by atoms with Gasteiger partial charge in [-0.2, -0.15) is 0 Å². The van der Waals surface area contributed by atoms with Gasteiger partial charge in [-0.15, -0.1) is 0 Å². The van der Waals surface area contributed by atoms with Gasteiger partial charge in [-0.25, -0.2) is 9.59 Å². The minimum Gasteiger partial charge on any atom is -0.481 e. The van der Waals surface area contributed by atoms with Crippen LogP contribution in [0.5, 0.6) is 0 Å². The van der Waals surface area contributed by atoms with E-state index in [2.05, 4.69) is 10.6 Å². The van der Waals surface area contributed by atoms with E-state index in [0.717, 1.165) is 38.5 Å². The van der Waals surface area contributed by atoms with Crippen LogP contribution in [0.2, 0.25) is 0 Å². The van der Waals surface area contributed by atoms with E-state index < -0.39 is 24.0 Å². The Morgan fingerprint density at radius 1 is 1.05 bits per heavy atom. The molecule has 0 bridgehead atoms. The third-order valence-corrected chi connectivity index (χ3v) is 3.44. The van der Waals surface area contributed by atoms with Gasteiger partial charge in [0.15, 0.2) is 0 Å². The number of urea groups is 1. The summed E-state index contributed by atoms with van der Waals surface area (Å²) in [4.78, 5) is 33.2. The van der Waals surface area contributed by atoms with Crippen molar-refractivity contribution >= 4 is 18.0 Å². The second-order valence-corrected chi connectivity index (χ2v) is 5.13. The minimum absolute atomic E-state index is 0.0754. The third kappa shape index (κ3) is 6.40. The average Bonchev–Trinajstić information content (AvgIpc) is 2.62. The molecule has 114 valence electrons. The number of rotatable bonds is 6. The molecule has 0 radical (unpaired) electrons. The molecule has 7 heteroatoms. The smallest absolute Gasteiger partial charge is 0.326 e. The van der Waals surface area contributed by atoms with Crippen LogP contribution in [0.1, 0.15) is 51.4 Å². The number of carboxylic acid groups (broad SMARTS) is 2. The summed E-state index contributed by atoms with van der Waals surface area (Å²) in [7, 11) is 0. The summed E-state index contributed by atoms with van der Waals surface area (Å²) >= 11 is 0. The van der Waals surface area contributed by atoms with Gasteiger partial charge in [-0.3, -0.25) is 4.79 Å². The maximum Gasteiger partial charge on any atom is 0.326 e. The van der Waals surface area contributed by atoms with Crippen LogP contribution in [0.3, 0.4) is 0 Å². The molecule has 1 atom stereocenters. The van der Waals surface area contributed by atoms with Crippen molar-refractivity contribution < 1.29 is 24.6 Å². The fraction of sp³-hybridized carbons (Fsp3) is 0.769. The van der Waals surface area contributed by atoms with Crippen molar-refractivity contribution in [3.05, 3.63) is 0 Å². The van der Waals surface area contributed by atoms with Crippen molar-refractivity contribution in [1.29, 1.82) is 0 Å². The highest BCUT2D eigenvalue weighted by Gasteiger charge is 2.22. The van der Waals surface area contributed by atoms with Crippen LogP contribution >= 0.6 is 0 Å². The quantitative estimate of drug-likeness (QED) is 0.550. The Labute approximate surface area is 117 Å². The molecule has 0 spiro atoms. The lowest BCUT2D eigenvalue weighted by atomic mass is 10.1. The zero-order valence-electron chi connectivity index (χ0n) is 11.4. The Hall–Kier alpha value is -1.79. The van der Waals surface area contributed by atoms with Gasteiger partial charge in [0, 0.05) is 12.5 Å². The SMILES string of the molecule is O=C(O)CC[C@H](NC(=O)NC1CCCCCC1)C(=O)O. The van der Waals surface area contributed by atoms with E-state index in [0.29, 0.717) is 0 Å². The molecule has 20 heavy (non-hydrogen) atoms. The number of carboxylic acids is 2. The van der Waals surface area contributed by atoms with E-state index in [4.69, 9.17) is 10.2 Å². The number of amides is 2. The molecule has 7 nitrogen and oxygen atoms in total. The second kappa shape index (κ2) is 8.39. The second-order valence-electron chi connectivity index (χ2n) is 5.13. The lowest BCUT2D eigenvalue weighted by Crippen LogP contribution is -2.49. The van der Waals surface area contributed by atoms with Crippen LogP contribution in [0, 0.1) is 0 Å². The molecule has 0 heterocycles. The zero-order chi connectivity index (χ0) is 15.0. The van der Waals surface area contributed by atoms with Gasteiger partial charge < -0.3 is 20.8 Å². The average molecular weight is 286 g/mol. The van der Waals surface area contributed by atoms with E-state index in [1.807, 2.05) is 0 Å². The molecule has 0 aromatic carbocycles. The molecule has 2 amide bonds. The van der Waals surface area contributed by atoms with Crippen molar-refractivity contribution in [2.75, 3.05) is 0 Å². The molecular weight excluding hydrogens is 264 g/mol. The summed E-state index contributed by atoms with van der Waals surface area (Å²) in [5, 5.41) is 22.6. The Balaban J connectivity index is 2.40. The predicted octanol–water partition coefficient (Wildman–Crippen LogP) is 1.33. The molecule has 0 unspecified atom stereocenters. The van der Waals surface area contributed by atoms with Crippen molar-refractivity contribution in [3.8, 4) is 0 Å². The number of nitrogens with one attached hydrogen (secondary N) is 2. The number of hydrogen-bond acceptors (Lipinski definition) is 3. The van der Waals surface area contributed by atoms with E-state index in [-0.39, 0.29) is 18.9 Å². The summed E-state index contributed by atoms with van der Waals surface area (Å²) in [6.07, 6.45) is 5.84. The topological polar surface area (TPSA) is 116 Å². The molecule has 1 fully saturated rings. The van der Waals surface area contributed by atoms with Crippen LogP contribution < -0.4 is 10.6 Å². The number of carbonyl (C=O) groups is 3. The molecular formula is C13H22N2O5. The predicted molar refractivity (Wildman–Crippen MR) is 71.5 cm³/mol. The standard InChI is InChI=1S/C13H22N2O5/c16-11(17)8-7-10(12(18)19)15-13(20)14-9-5-3-1-2-4-6-9/h9-10H,1-8H2,(H,16,17)(H,18,19)(H2,14,15,20)/t10-/m0/s1. The molecule has 0 aromatic heterocycles. The molecule has 4 N–H and O–H groups in total. The number of carbonyl (C=O) groups excluding carboxylic acids is 1. The van der Waals surface area contributed by atoms with E-state index >= 15 is 0 Å². The van der Waals surface area contributed by atoms with Crippen molar-refractivity contribution in [2.24, 2.45) is 0 Å². The first kappa shape index (κ1) is 16.3. The van der Waals surface area contributed by atoms with Crippen LogP contribution in [-0.2, 0) is 9.59 Å². The summed E-state index contributed by atoms with van der Waals surface area (Å²) in [5.41, 5.74) is 0. The van der Waals surface area contributed by atoms with Crippen LogP contribution in [0.25, 0.3) is 0 Å². The highest BCUT2D eigenvalue weighted by molar-refractivity contribution is 5.83. The Morgan fingerprint density at radius 3 is 2.15 bits per heavy atom. The largest absolute Gasteiger partial charge is 0.481 e. The van der Waals surface area contributed by atoms with Crippen molar-refractivity contribution in [1.82, 2.24) is 10.6 Å². The number of aliphatic carboxylic acids is 2. The van der Waals surface area contributed by atoms with Crippen LogP contribution in [-0.4, -0.2) is 40.3 Å². The molecule has 1 aliphatic carbocycles. The fourth-order valence-electron chi connectivity index (χ4n) is 2.33. The van der Waals surface area contributed by atoms with Gasteiger partial charge in [0.05, 0.1) is 0 Å². The molecule has 0 aliphatic heterocycles. The first-order chi connectivity index (χ1) is 9.49. The highest BCUT2D eigenvalue weighted by Crippen LogP contribution is 2.17. The Kier molecular flexibility index (Phi) is 6.83. The lowest BCUT2D eigenvalue weighted by molar-refractivity contribution is -0.140. The van der Waals surface area contributed by atoms with Crippen LogP contribution in [0.15, 0.2) is 0 Å². The number of hydrogen-bond donors (Lipinski definition) is 4. The summed E-state index contributed by atoms with van der Waals surface area (Å²) < 4.78 is 0. The molecule has 0 aromatic rings. The Bertz CT molecular complexity index is 351. The summed E-state index contributed by atoms with van der Waals surface area (Å²) in [6.45, 7) is 0. The van der Waals surface area contributed by atoms with Gasteiger partial charge in [0.25, 0.3) is 0 Å². The summed E-state index contributed by atoms with van der Waals surface area (Å²) in [6, 6.07) is -1.63. The van der Waals surface area contributed by atoms with Crippen molar-refractivity contribution in [2.45, 2.75) is 63.5 Å². The minimum atomic E-state index is -1.22. The molecule has 1 saturated carbocycles. The van der Waals surface area contributed by atoms with Gasteiger partial charge >= 0.3 is 18.0 Å². The van der Waals surface area contributed by atoms with Crippen LogP contribution in [0.4, 0.5) is 4.79 Å². The Morgan fingerprint density at radius 2 is 1.65 bits per heavy atom. The maximum atomic E-state index is 11.8. The van der Waals surface area contributed by atoms with Gasteiger partial charge in [-0.1, -0.05) is 25.7 Å². The molecule has 1 rings (SSSR count). The lowest BCUT2D eigenvalue weighted by Gasteiger charge is -2.19. The highest BCUT2D eigenvalue weighted by atomic mass is 16.4. The van der Waals surface area contributed by atoms with E-state index in [9.17, 15) is 14.4 Å². The van der Waals surface area contributed by atoms with Gasteiger partial charge in [0.1, 0.15) is 6.04 Å². The molecule has 1 aliphatic rings. The monoisotopic (exact) mass is 286 g/mol. The molecule has 0 saturated heterocycles. The van der Waals surface area contributed by atoms with Crippen molar-refractivity contribution in [3.63, 3.8) is 0 Å². The summed E-state index contributed by atoms with van der Waals surface area (Å²) in [5.74, 6) is -2.30. The van der Waals surface area contributed by atoms with Gasteiger partial charge in [-0.05, 0) is 19.3 Å². The first-order valence-corrected chi connectivity index (χ1v) is 7.00. The first-order valence-electron chi connectivity index (χ1n) is 7.00. The normalized spacial score (nSPS) is 17.8. The van der Waals surface area contributed by atoms with E-state index in [1.54, 1.807) is 0 Å². The zero-order valence-corrected chi connectivity index (χ0v) is 11.4. The fourth-order valence-corrected chi connectivity index (χ4v) is 2.33. The maximum absolute atomic E-state index is 11.8.